The molecule has 1 N–H and O–H groups in total. The van der Waals surface area contributed by atoms with Crippen LogP contribution in [0.1, 0.15) is 13.8 Å². The van der Waals surface area contributed by atoms with E-state index in [2.05, 4.69) is 10.3 Å². The van der Waals surface area contributed by atoms with Crippen LogP contribution in [-0.4, -0.2) is 29.2 Å². The van der Waals surface area contributed by atoms with E-state index in [1.165, 1.54) is 6.20 Å². The predicted octanol–water partition coefficient (Wildman–Crippen LogP) is 1.83. The lowest BCUT2D eigenvalue weighted by atomic mass is 10.4. The highest BCUT2D eigenvalue weighted by Crippen LogP contribution is 2.19. The molecule has 0 saturated carbocycles. The molecular formula is C10H15N3O3. The first kappa shape index (κ1) is 12.4. The van der Waals surface area contributed by atoms with Crippen molar-refractivity contribution in [2.24, 2.45) is 0 Å². The van der Waals surface area contributed by atoms with Crippen LogP contribution < -0.4 is 5.32 Å². The van der Waals surface area contributed by atoms with Crippen LogP contribution in [0.15, 0.2) is 18.3 Å². The molecule has 0 saturated heterocycles. The minimum absolute atomic E-state index is 0.158. The minimum atomic E-state index is -0.508. The fourth-order valence-electron chi connectivity index (χ4n) is 1.16. The molecule has 0 unspecified atom stereocenters. The molecule has 0 amide bonds. The molecule has 0 aliphatic heterocycles. The van der Waals surface area contributed by atoms with Crippen LogP contribution in [0, 0.1) is 10.1 Å². The maximum Gasteiger partial charge on any atom is 0.386 e. The van der Waals surface area contributed by atoms with Gasteiger partial charge in [-0.15, -0.1) is 0 Å². The number of pyridine rings is 1. The van der Waals surface area contributed by atoms with Gasteiger partial charge in [0.2, 0.25) is 0 Å². The number of nitrogens with one attached hydrogen (secondary N) is 1. The van der Waals surface area contributed by atoms with Gasteiger partial charge in [-0.25, -0.2) is 0 Å². The summed E-state index contributed by atoms with van der Waals surface area (Å²) in [5.74, 6) is -0.160. The lowest BCUT2D eigenvalue weighted by Gasteiger charge is -2.09. The number of hydrogen-bond acceptors (Lipinski definition) is 5. The molecule has 0 bridgehead atoms. The normalized spacial score (nSPS) is 10.4. The molecule has 0 aliphatic carbocycles. The standard InChI is InChI=1S/C10H15N3O3/c1-8(2)16-7-6-11-9-4-3-5-12-10(9)13(14)15/h3-5,8,11H,6-7H2,1-2H3. The number of rotatable bonds is 6. The van der Waals surface area contributed by atoms with Crippen molar-refractivity contribution < 1.29 is 9.66 Å². The van der Waals surface area contributed by atoms with Gasteiger partial charge in [0.05, 0.1) is 12.7 Å². The van der Waals surface area contributed by atoms with E-state index >= 15 is 0 Å². The first-order chi connectivity index (χ1) is 7.61. The Bertz CT molecular complexity index is 355. The third-order valence-corrected chi connectivity index (χ3v) is 1.83. The average Bonchev–Trinajstić information content (AvgIpc) is 2.24. The van der Waals surface area contributed by atoms with E-state index in [0.29, 0.717) is 18.8 Å². The highest BCUT2D eigenvalue weighted by atomic mass is 16.6. The van der Waals surface area contributed by atoms with Gasteiger partial charge in [0.1, 0.15) is 11.9 Å². The summed E-state index contributed by atoms with van der Waals surface area (Å²) < 4.78 is 5.31. The van der Waals surface area contributed by atoms with Gasteiger partial charge in [-0.1, -0.05) is 0 Å². The number of ether oxygens (including phenoxy) is 1. The van der Waals surface area contributed by atoms with E-state index in [-0.39, 0.29) is 11.9 Å². The Morgan fingerprint density at radius 1 is 1.62 bits per heavy atom. The summed E-state index contributed by atoms with van der Waals surface area (Å²) in [5, 5.41) is 13.6. The largest absolute Gasteiger partial charge is 0.386 e. The summed E-state index contributed by atoms with van der Waals surface area (Å²) >= 11 is 0. The molecule has 16 heavy (non-hydrogen) atoms. The fourth-order valence-corrected chi connectivity index (χ4v) is 1.16. The maximum absolute atomic E-state index is 10.6. The van der Waals surface area contributed by atoms with Crippen molar-refractivity contribution in [2.45, 2.75) is 20.0 Å². The van der Waals surface area contributed by atoms with Crippen molar-refractivity contribution in [1.29, 1.82) is 0 Å². The van der Waals surface area contributed by atoms with Crippen molar-refractivity contribution in [3.05, 3.63) is 28.4 Å². The van der Waals surface area contributed by atoms with E-state index in [4.69, 9.17) is 4.74 Å². The molecule has 1 heterocycles. The summed E-state index contributed by atoms with van der Waals surface area (Å²) in [7, 11) is 0. The molecule has 0 aliphatic rings. The lowest BCUT2D eigenvalue weighted by Crippen LogP contribution is -2.14. The molecule has 6 heteroatoms. The average molecular weight is 225 g/mol. The zero-order chi connectivity index (χ0) is 12.0. The van der Waals surface area contributed by atoms with Crippen LogP contribution >= 0.6 is 0 Å². The molecule has 0 spiro atoms. The summed E-state index contributed by atoms with van der Waals surface area (Å²) in [6.45, 7) is 4.90. The summed E-state index contributed by atoms with van der Waals surface area (Å²) in [5.41, 5.74) is 0.417. The fraction of sp³-hybridized carbons (Fsp3) is 0.500. The van der Waals surface area contributed by atoms with Crippen molar-refractivity contribution in [2.75, 3.05) is 18.5 Å². The van der Waals surface area contributed by atoms with Crippen molar-refractivity contribution in [3.8, 4) is 0 Å². The Balaban J connectivity index is 2.50. The van der Waals surface area contributed by atoms with E-state index in [9.17, 15) is 10.1 Å². The van der Waals surface area contributed by atoms with Gasteiger partial charge in [0, 0.05) is 6.54 Å². The molecule has 6 nitrogen and oxygen atoms in total. The highest BCUT2D eigenvalue weighted by Gasteiger charge is 2.12. The number of nitro groups is 1. The van der Waals surface area contributed by atoms with Gasteiger partial charge in [-0.3, -0.25) is 0 Å². The Morgan fingerprint density at radius 3 is 3.00 bits per heavy atom. The maximum atomic E-state index is 10.6. The first-order valence-electron chi connectivity index (χ1n) is 5.06. The second-order valence-electron chi connectivity index (χ2n) is 3.48. The van der Waals surface area contributed by atoms with Gasteiger partial charge in [-0.2, -0.15) is 0 Å². The number of anilines is 1. The van der Waals surface area contributed by atoms with Crippen molar-refractivity contribution in [1.82, 2.24) is 4.98 Å². The Hall–Kier alpha value is -1.69. The highest BCUT2D eigenvalue weighted by molar-refractivity contribution is 5.56. The van der Waals surface area contributed by atoms with Crippen LogP contribution in [0.25, 0.3) is 0 Å². The zero-order valence-corrected chi connectivity index (χ0v) is 9.34. The van der Waals surface area contributed by atoms with Crippen LogP contribution in [0.4, 0.5) is 11.5 Å². The number of aromatic nitrogens is 1. The molecule has 1 aromatic rings. The third kappa shape index (κ3) is 3.82. The van der Waals surface area contributed by atoms with Gasteiger partial charge in [0.25, 0.3) is 0 Å². The molecular weight excluding hydrogens is 210 g/mol. The molecule has 0 atom stereocenters. The van der Waals surface area contributed by atoms with Gasteiger partial charge in [-0.05, 0) is 35.9 Å². The van der Waals surface area contributed by atoms with Crippen LogP contribution in [0.5, 0.6) is 0 Å². The van der Waals surface area contributed by atoms with E-state index in [0.717, 1.165) is 0 Å². The number of nitrogens with zero attached hydrogens (tertiary/aromatic N) is 2. The monoisotopic (exact) mass is 225 g/mol. The van der Waals surface area contributed by atoms with Gasteiger partial charge >= 0.3 is 5.82 Å². The zero-order valence-electron chi connectivity index (χ0n) is 9.34. The van der Waals surface area contributed by atoms with Crippen LogP contribution in [0.2, 0.25) is 0 Å². The molecule has 1 rings (SSSR count). The van der Waals surface area contributed by atoms with Crippen molar-refractivity contribution in [3.63, 3.8) is 0 Å². The van der Waals surface area contributed by atoms with Crippen molar-refractivity contribution >= 4 is 11.5 Å². The van der Waals surface area contributed by atoms with Gasteiger partial charge < -0.3 is 20.2 Å². The second kappa shape index (κ2) is 6.02. The van der Waals surface area contributed by atoms with E-state index in [1.54, 1.807) is 12.1 Å². The summed E-state index contributed by atoms with van der Waals surface area (Å²) in [6, 6.07) is 3.28. The lowest BCUT2D eigenvalue weighted by molar-refractivity contribution is -0.388. The second-order valence-corrected chi connectivity index (χ2v) is 3.48. The predicted molar refractivity (Wildman–Crippen MR) is 60.5 cm³/mol. The summed E-state index contributed by atoms with van der Waals surface area (Å²) in [6.07, 6.45) is 1.55. The smallest absolute Gasteiger partial charge is 0.377 e. The first-order valence-corrected chi connectivity index (χ1v) is 5.06. The van der Waals surface area contributed by atoms with E-state index < -0.39 is 4.92 Å². The SMILES string of the molecule is CC(C)OCCNc1cccnc1[N+](=O)[O-]. The van der Waals surface area contributed by atoms with E-state index in [1.807, 2.05) is 13.8 Å². The quantitative estimate of drug-likeness (QED) is 0.454. The third-order valence-electron chi connectivity index (χ3n) is 1.83. The minimum Gasteiger partial charge on any atom is -0.377 e. The topological polar surface area (TPSA) is 77.3 Å². The van der Waals surface area contributed by atoms with Crippen LogP contribution in [-0.2, 0) is 4.74 Å². The Morgan fingerprint density at radius 2 is 2.38 bits per heavy atom. The Labute approximate surface area is 93.8 Å². The van der Waals surface area contributed by atoms with Gasteiger partial charge in [0.15, 0.2) is 0 Å². The molecule has 1 aromatic heterocycles. The molecule has 0 radical (unpaired) electrons. The van der Waals surface area contributed by atoms with Crippen LogP contribution in [0.3, 0.4) is 0 Å². The summed E-state index contributed by atoms with van der Waals surface area (Å²) in [4.78, 5) is 13.8. The molecule has 0 fully saturated rings. The Kier molecular flexibility index (Phi) is 4.65. The molecule has 0 aromatic carbocycles. The molecule has 88 valence electrons. The number of hydrogen-bond donors (Lipinski definition) is 1.